The third-order valence-corrected chi connectivity index (χ3v) is 4.68. The largest absolute Gasteiger partial charge is 0.464 e. The maximum atomic E-state index is 12.0. The van der Waals surface area contributed by atoms with Gasteiger partial charge in [0.15, 0.2) is 5.78 Å². The monoisotopic (exact) mass is 345 g/mol. The molecule has 0 bridgehead atoms. The van der Waals surface area contributed by atoms with Gasteiger partial charge in [0.2, 0.25) is 5.91 Å². The first-order valence-corrected chi connectivity index (χ1v) is 8.18. The minimum atomic E-state index is -1.20. The van der Waals surface area contributed by atoms with Gasteiger partial charge in [-0.05, 0) is 28.8 Å². The molecule has 26 heavy (non-hydrogen) atoms. The van der Waals surface area contributed by atoms with Crippen molar-refractivity contribution in [3.63, 3.8) is 0 Å². The van der Waals surface area contributed by atoms with E-state index in [1.807, 2.05) is 24.3 Å². The first kappa shape index (κ1) is 16.0. The van der Waals surface area contributed by atoms with Crippen molar-refractivity contribution in [3.05, 3.63) is 78.1 Å². The predicted octanol–water partition coefficient (Wildman–Crippen LogP) is 2.55. The second-order valence-corrected chi connectivity index (χ2v) is 6.17. The van der Waals surface area contributed by atoms with Gasteiger partial charge in [-0.2, -0.15) is 0 Å². The Morgan fingerprint density at radius 3 is 2.69 bits per heavy atom. The van der Waals surface area contributed by atoms with E-state index in [-0.39, 0.29) is 5.57 Å². The molecule has 1 aliphatic carbocycles. The lowest BCUT2D eigenvalue weighted by Gasteiger charge is -2.09. The molecule has 0 radical (unpaired) electrons. The van der Waals surface area contributed by atoms with Crippen molar-refractivity contribution in [3.8, 4) is 16.9 Å². The van der Waals surface area contributed by atoms with E-state index in [1.54, 1.807) is 6.07 Å². The Labute approximate surface area is 150 Å². The van der Waals surface area contributed by atoms with Crippen molar-refractivity contribution in [1.29, 1.82) is 0 Å². The van der Waals surface area contributed by atoms with Gasteiger partial charge in [-0.1, -0.05) is 43.0 Å². The van der Waals surface area contributed by atoms with Crippen molar-refractivity contribution in [1.82, 2.24) is 5.32 Å². The Balaban J connectivity index is 1.68. The number of nitrogens with one attached hydrogen (secondary N) is 1. The van der Waals surface area contributed by atoms with E-state index in [2.05, 4.69) is 24.0 Å². The Kier molecular flexibility index (Phi) is 3.77. The van der Waals surface area contributed by atoms with E-state index in [4.69, 9.17) is 4.74 Å². The van der Waals surface area contributed by atoms with Gasteiger partial charge >= 0.3 is 0 Å². The number of hydrogen-bond donors (Lipinski definition) is 1. The van der Waals surface area contributed by atoms with Gasteiger partial charge in [-0.15, -0.1) is 0 Å². The maximum absolute atomic E-state index is 12.0. The summed E-state index contributed by atoms with van der Waals surface area (Å²) in [5, 5.41) is 2.14. The van der Waals surface area contributed by atoms with Crippen molar-refractivity contribution >= 4 is 17.6 Å². The van der Waals surface area contributed by atoms with Gasteiger partial charge in [0.05, 0.1) is 5.57 Å². The fraction of sp³-hybridized carbons (Fsp3) is 0.0952. The number of carbonyl (C=O) groups excluding carboxylic acids is 3. The number of imide groups is 1. The first-order valence-electron chi connectivity index (χ1n) is 8.18. The fourth-order valence-electron chi connectivity index (χ4n) is 3.42. The van der Waals surface area contributed by atoms with Crippen LogP contribution in [0.2, 0.25) is 0 Å². The summed E-state index contributed by atoms with van der Waals surface area (Å²) in [4.78, 5) is 35.7. The Morgan fingerprint density at radius 2 is 1.88 bits per heavy atom. The van der Waals surface area contributed by atoms with Crippen LogP contribution in [0.15, 0.2) is 67.0 Å². The highest BCUT2D eigenvalue weighted by Gasteiger charge is 2.40. The van der Waals surface area contributed by atoms with Crippen LogP contribution in [-0.4, -0.2) is 17.6 Å². The maximum Gasteiger partial charge on any atom is 0.258 e. The Bertz CT molecular complexity index is 1000. The average Bonchev–Trinajstić information content (AvgIpc) is 3.16. The molecule has 0 spiro atoms. The molecule has 4 rings (SSSR count). The SMILES string of the molecule is C=CC(=O)C1C(=O)NC(=O)C1=COc1cccc2c1Cc1ccccc1-2. The Hall–Kier alpha value is -3.47. The highest BCUT2D eigenvalue weighted by molar-refractivity contribution is 6.25. The molecule has 5 nitrogen and oxygen atoms in total. The van der Waals surface area contributed by atoms with Crippen LogP contribution >= 0.6 is 0 Å². The zero-order chi connectivity index (χ0) is 18.3. The van der Waals surface area contributed by atoms with Crippen LogP contribution in [0, 0.1) is 5.92 Å². The van der Waals surface area contributed by atoms with Crippen LogP contribution in [0.25, 0.3) is 11.1 Å². The molecule has 1 atom stereocenters. The molecular weight excluding hydrogens is 330 g/mol. The molecule has 5 heteroatoms. The highest BCUT2D eigenvalue weighted by atomic mass is 16.5. The Morgan fingerprint density at radius 1 is 1.12 bits per heavy atom. The molecule has 128 valence electrons. The summed E-state index contributed by atoms with van der Waals surface area (Å²) >= 11 is 0. The molecular formula is C21H15NO4. The number of rotatable bonds is 4. The number of ketones is 1. The molecule has 1 aliphatic heterocycles. The topological polar surface area (TPSA) is 72.5 Å². The summed E-state index contributed by atoms with van der Waals surface area (Å²) in [6, 6.07) is 13.8. The van der Waals surface area contributed by atoms with Gasteiger partial charge in [-0.25, -0.2) is 0 Å². The van der Waals surface area contributed by atoms with E-state index in [0.29, 0.717) is 5.75 Å². The minimum Gasteiger partial charge on any atom is -0.464 e. The normalized spacial score (nSPS) is 19.1. The number of amides is 2. The first-order chi connectivity index (χ1) is 12.6. The highest BCUT2D eigenvalue weighted by Crippen LogP contribution is 2.41. The van der Waals surface area contributed by atoms with Crippen LogP contribution in [-0.2, 0) is 20.8 Å². The number of carbonyl (C=O) groups is 3. The van der Waals surface area contributed by atoms with Crippen LogP contribution in [0.5, 0.6) is 5.75 Å². The third-order valence-electron chi connectivity index (χ3n) is 4.68. The van der Waals surface area contributed by atoms with Crippen molar-refractivity contribution in [2.75, 3.05) is 0 Å². The fourth-order valence-corrected chi connectivity index (χ4v) is 3.42. The van der Waals surface area contributed by atoms with E-state index in [1.165, 1.54) is 11.8 Å². The van der Waals surface area contributed by atoms with Gasteiger partial charge in [0.1, 0.15) is 17.9 Å². The number of hydrogen-bond acceptors (Lipinski definition) is 4. The molecule has 1 N–H and O–H groups in total. The number of ether oxygens (including phenoxy) is 1. The van der Waals surface area contributed by atoms with Crippen LogP contribution in [0.3, 0.4) is 0 Å². The van der Waals surface area contributed by atoms with Crippen molar-refractivity contribution in [2.45, 2.75) is 6.42 Å². The minimum absolute atomic E-state index is 0.00647. The molecule has 1 unspecified atom stereocenters. The third kappa shape index (κ3) is 2.45. The van der Waals surface area contributed by atoms with Gasteiger partial charge < -0.3 is 4.74 Å². The van der Waals surface area contributed by atoms with Gasteiger partial charge in [-0.3, -0.25) is 19.7 Å². The molecule has 1 fully saturated rings. The molecule has 1 heterocycles. The quantitative estimate of drug-likeness (QED) is 0.341. The van der Waals surface area contributed by atoms with Crippen LogP contribution in [0.4, 0.5) is 0 Å². The lowest BCUT2D eigenvalue weighted by atomic mass is 9.98. The van der Waals surface area contributed by atoms with E-state index < -0.39 is 23.5 Å². The molecule has 2 aromatic rings. The zero-order valence-corrected chi connectivity index (χ0v) is 13.8. The lowest BCUT2D eigenvalue weighted by molar-refractivity contribution is -0.129. The smallest absolute Gasteiger partial charge is 0.258 e. The summed E-state index contributed by atoms with van der Waals surface area (Å²) in [6.07, 6.45) is 2.96. The summed E-state index contributed by atoms with van der Waals surface area (Å²) in [7, 11) is 0. The average molecular weight is 345 g/mol. The standard InChI is InChI=1S/C21H15NO4/c1-2-17(23)19-16(20(24)22-21(19)25)11-26-18-9-5-8-14-13-7-4-3-6-12(13)10-15(14)18/h2-9,11,19H,1,10H2,(H,22,24,25). The second-order valence-electron chi connectivity index (χ2n) is 6.17. The summed E-state index contributed by atoms with van der Waals surface area (Å²) in [6.45, 7) is 3.38. The number of allylic oxidation sites excluding steroid dienone is 1. The van der Waals surface area contributed by atoms with Gasteiger partial charge in [0.25, 0.3) is 5.91 Å². The van der Waals surface area contributed by atoms with Crippen molar-refractivity contribution in [2.24, 2.45) is 5.92 Å². The zero-order valence-electron chi connectivity index (χ0n) is 13.8. The number of benzene rings is 2. The molecule has 2 amide bonds. The van der Waals surface area contributed by atoms with E-state index in [9.17, 15) is 14.4 Å². The summed E-state index contributed by atoms with van der Waals surface area (Å²) in [5.41, 5.74) is 4.46. The van der Waals surface area contributed by atoms with Gasteiger partial charge in [0, 0.05) is 12.0 Å². The molecule has 2 aliphatic rings. The molecule has 0 aromatic heterocycles. The second kappa shape index (κ2) is 6.11. The van der Waals surface area contributed by atoms with E-state index >= 15 is 0 Å². The lowest BCUT2D eigenvalue weighted by Crippen LogP contribution is -2.25. The molecule has 0 saturated carbocycles. The molecule has 1 saturated heterocycles. The van der Waals surface area contributed by atoms with Crippen LogP contribution < -0.4 is 10.1 Å². The molecule has 2 aromatic carbocycles. The van der Waals surface area contributed by atoms with Crippen molar-refractivity contribution < 1.29 is 19.1 Å². The summed E-state index contributed by atoms with van der Waals surface area (Å²) in [5.74, 6) is -2.41. The predicted molar refractivity (Wildman–Crippen MR) is 95.2 cm³/mol. The summed E-state index contributed by atoms with van der Waals surface area (Å²) < 4.78 is 5.75. The van der Waals surface area contributed by atoms with Crippen LogP contribution in [0.1, 0.15) is 11.1 Å². The number of fused-ring (bicyclic) bond motifs is 3. The van der Waals surface area contributed by atoms with E-state index in [0.717, 1.165) is 29.2 Å².